The van der Waals surface area contributed by atoms with E-state index in [-0.39, 0.29) is 0 Å². The van der Waals surface area contributed by atoms with Crippen molar-refractivity contribution in [1.29, 1.82) is 0 Å². The van der Waals surface area contributed by atoms with E-state index in [2.05, 4.69) is 5.32 Å². The largest absolute Gasteiger partial charge is 0.309 e. The molecule has 0 bridgehead atoms. The van der Waals surface area contributed by atoms with Crippen LogP contribution in [0.4, 0.5) is 0 Å². The Morgan fingerprint density at radius 1 is 1.14 bits per heavy atom. The lowest BCUT2D eigenvalue weighted by Gasteiger charge is -2.22. The Labute approximate surface area is 137 Å². The molecule has 2 saturated heterocycles. The summed E-state index contributed by atoms with van der Waals surface area (Å²) in [6.45, 7) is 2.13. The molecule has 0 radical (unpaired) electrons. The van der Waals surface area contributed by atoms with Gasteiger partial charge in [0.25, 0.3) is 0 Å². The molecule has 0 spiro atoms. The number of sulfonamides is 1. The maximum absolute atomic E-state index is 12.5. The number of rotatable bonds is 5. The molecule has 2 fully saturated rings. The van der Waals surface area contributed by atoms with Crippen LogP contribution in [0, 0.1) is 0 Å². The van der Waals surface area contributed by atoms with Crippen LogP contribution >= 0.6 is 11.8 Å². The second kappa shape index (κ2) is 7.34. The number of nitrogens with zero attached hydrogens (tertiary/aromatic N) is 1. The summed E-state index contributed by atoms with van der Waals surface area (Å²) >= 11 is 2.01. The number of hydrogen-bond acceptors (Lipinski definition) is 4. The molecule has 0 saturated carbocycles. The summed E-state index contributed by atoms with van der Waals surface area (Å²) in [6, 6.07) is 7.96. The fourth-order valence-electron chi connectivity index (χ4n) is 3.02. The minimum absolute atomic E-state index is 0.423. The molecule has 122 valence electrons. The molecule has 6 heteroatoms. The summed E-state index contributed by atoms with van der Waals surface area (Å²) in [7, 11) is -3.28. The first-order valence-corrected chi connectivity index (χ1v) is 10.7. The smallest absolute Gasteiger partial charge is 0.243 e. The van der Waals surface area contributed by atoms with Gasteiger partial charge in [0.2, 0.25) is 10.0 Å². The van der Waals surface area contributed by atoms with E-state index in [0.717, 1.165) is 24.9 Å². The lowest BCUT2D eigenvalue weighted by molar-refractivity contribution is 0.477. The summed E-state index contributed by atoms with van der Waals surface area (Å²) in [6.07, 6.45) is 4.48. The van der Waals surface area contributed by atoms with Gasteiger partial charge in [-0.15, -0.1) is 0 Å². The second-order valence-electron chi connectivity index (χ2n) is 6.05. The zero-order valence-electron chi connectivity index (χ0n) is 12.8. The Morgan fingerprint density at radius 2 is 1.86 bits per heavy atom. The van der Waals surface area contributed by atoms with Crippen molar-refractivity contribution in [2.75, 3.05) is 24.6 Å². The lowest BCUT2D eigenvalue weighted by atomic mass is 10.1. The van der Waals surface area contributed by atoms with Crippen molar-refractivity contribution in [3.8, 4) is 0 Å². The predicted molar refractivity (Wildman–Crippen MR) is 91.6 cm³/mol. The molecule has 2 heterocycles. The van der Waals surface area contributed by atoms with Crippen molar-refractivity contribution < 1.29 is 8.42 Å². The highest BCUT2D eigenvalue weighted by Gasteiger charge is 2.26. The van der Waals surface area contributed by atoms with Crippen LogP contribution in [-0.4, -0.2) is 43.4 Å². The highest BCUT2D eigenvalue weighted by Crippen LogP contribution is 2.21. The Hall–Kier alpha value is -0.560. The van der Waals surface area contributed by atoms with E-state index in [1.165, 1.54) is 24.3 Å². The Bertz CT molecular complexity index is 575. The van der Waals surface area contributed by atoms with E-state index in [1.807, 2.05) is 23.9 Å². The SMILES string of the molecule is O=S(=O)(c1ccc(CN[C@@H]2CCCSC2)cc1)N1CCCC1. The highest BCUT2D eigenvalue weighted by molar-refractivity contribution is 7.99. The summed E-state index contributed by atoms with van der Waals surface area (Å²) in [4.78, 5) is 0.423. The summed E-state index contributed by atoms with van der Waals surface area (Å²) in [5.41, 5.74) is 1.15. The Morgan fingerprint density at radius 3 is 2.50 bits per heavy atom. The van der Waals surface area contributed by atoms with Crippen molar-refractivity contribution in [3.05, 3.63) is 29.8 Å². The fraction of sp³-hybridized carbons (Fsp3) is 0.625. The van der Waals surface area contributed by atoms with E-state index in [9.17, 15) is 8.42 Å². The third kappa shape index (κ3) is 3.85. The van der Waals surface area contributed by atoms with Crippen LogP contribution in [0.15, 0.2) is 29.2 Å². The van der Waals surface area contributed by atoms with Gasteiger partial charge in [-0.1, -0.05) is 12.1 Å². The normalized spacial score (nSPS) is 23.7. The van der Waals surface area contributed by atoms with E-state index < -0.39 is 10.0 Å². The third-order valence-electron chi connectivity index (χ3n) is 4.38. The van der Waals surface area contributed by atoms with E-state index >= 15 is 0 Å². The van der Waals surface area contributed by atoms with Gasteiger partial charge < -0.3 is 5.32 Å². The van der Waals surface area contributed by atoms with E-state index in [1.54, 1.807) is 16.4 Å². The predicted octanol–water partition coefficient (Wildman–Crippen LogP) is 2.46. The van der Waals surface area contributed by atoms with Crippen molar-refractivity contribution in [2.45, 2.75) is 43.2 Å². The van der Waals surface area contributed by atoms with E-state index in [4.69, 9.17) is 0 Å². The average Bonchev–Trinajstić information content (AvgIpc) is 3.10. The van der Waals surface area contributed by atoms with Gasteiger partial charge >= 0.3 is 0 Å². The van der Waals surface area contributed by atoms with Gasteiger partial charge in [-0.25, -0.2) is 8.42 Å². The van der Waals surface area contributed by atoms with Crippen LogP contribution in [0.25, 0.3) is 0 Å². The summed E-state index contributed by atoms with van der Waals surface area (Å²) in [5, 5.41) is 3.57. The maximum atomic E-state index is 12.5. The molecule has 22 heavy (non-hydrogen) atoms. The van der Waals surface area contributed by atoms with Crippen molar-refractivity contribution >= 4 is 21.8 Å². The van der Waals surface area contributed by atoms with Crippen LogP contribution in [0.5, 0.6) is 0 Å². The Balaban J connectivity index is 1.60. The van der Waals surface area contributed by atoms with Crippen molar-refractivity contribution in [1.82, 2.24) is 9.62 Å². The molecule has 1 aromatic rings. The monoisotopic (exact) mass is 340 g/mol. The highest BCUT2D eigenvalue weighted by atomic mass is 32.2. The third-order valence-corrected chi connectivity index (χ3v) is 7.51. The summed E-state index contributed by atoms with van der Waals surface area (Å²) in [5.74, 6) is 2.46. The number of hydrogen-bond donors (Lipinski definition) is 1. The van der Waals surface area contributed by atoms with Gasteiger partial charge in [-0.05, 0) is 49.1 Å². The molecular formula is C16H24N2O2S2. The quantitative estimate of drug-likeness (QED) is 0.894. The maximum Gasteiger partial charge on any atom is 0.243 e. The molecule has 3 rings (SSSR count). The first-order chi connectivity index (χ1) is 10.7. The van der Waals surface area contributed by atoms with Crippen LogP contribution in [0.1, 0.15) is 31.2 Å². The number of benzene rings is 1. The molecule has 1 atom stereocenters. The minimum atomic E-state index is -3.28. The lowest BCUT2D eigenvalue weighted by Crippen LogP contribution is -2.33. The molecule has 4 nitrogen and oxygen atoms in total. The van der Waals surface area contributed by atoms with Gasteiger partial charge in [0.05, 0.1) is 4.90 Å². The summed E-state index contributed by atoms with van der Waals surface area (Å²) < 4.78 is 26.5. The zero-order valence-corrected chi connectivity index (χ0v) is 14.5. The van der Waals surface area contributed by atoms with Crippen LogP contribution in [0.3, 0.4) is 0 Å². The average molecular weight is 341 g/mol. The van der Waals surface area contributed by atoms with Gasteiger partial charge in [0.1, 0.15) is 0 Å². The van der Waals surface area contributed by atoms with Crippen LogP contribution in [0.2, 0.25) is 0 Å². The van der Waals surface area contributed by atoms with Crippen molar-refractivity contribution in [2.24, 2.45) is 0 Å². The minimum Gasteiger partial charge on any atom is -0.309 e. The fourth-order valence-corrected chi connectivity index (χ4v) is 5.64. The molecular weight excluding hydrogens is 316 g/mol. The van der Waals surface area contributed by atoms with Gasteiger partial charge in [-0.3, -0.25) is 0 Å². The van der Waals surface area contributed by atoms with Gasteiger partial charge in [0, 0.05) is 31.4 Å². The molecule has 1 aromatic carbocycles. The molecule has 0 aromatic heterocycles. The first-order valence-electron chi connectivity index (χ1n) is 8.06. The molecule has 0 unspecified atom stereocenters. The Kier molecular flexibility index (Phi) is 5.44. The van der Waals surface area contributed by atoms with Crippen molar-refractivity contribution in [3.63, 3.8) is 0 Å². The molecule has 0 amide bonds. The van der Waals surface area contributed by atoms with Crippen LogP contribution < -0.4 is 5.32 Å². The van der Waals surface area contributed by atoms with Gasteiger partial charge in [0.15, 0.2) is 0 Å². The number of nitrogens with one attached hydrogen (secondary N) is 1. The van der Waals surface area contributed by atoms with Gasteiger partial charge in [-0.2, -0.15) is 16.1 Å². The zero-order chi connectivity index (χ0) is 15.4. The first kappa shape index (κ1) is 16.3. The number of thioether (sulfide) groups is 1. The molecule has 1 N–H and O–H groups in total. The van der Waals surface area contributed by atoms with E-state index in [0.29, 0.717) is 24.0 Å². The molecule has 2 aliphatic rings. The molecule has 2 aliphatic heterocycles. The topological polar surface area (TPSA) is 49.4 Å². The molecule has 0 aliphatic carbocycles. The van der Waals surface area contributed by atoms with Crippen LogP contribution in [-0.2, 0) is 16.6 Å². The second-order valence-corrected chi connectivity index (χ2v) is 9.14. The standard InChI is InChI=1S/C16H24N2O2S2/c19-22(20,18-9-1-2-10-18)16-7-5-14(6-8-16)12-17-15-4-3-11-21-13-15/h5-8,15,17H,1-4,9-13H2/t15-/m1/s1.